The van der Waals surface area contributed by atoms with Crippen LogP contribution in [-0.4, -0.2) is 16.2 Å². The van der Waals surface area contributed by atoms with E-state index < -0.39 is 0 Å². The Labute approximate surface area is 101 Å². The Hall–Kier alpha value is -1.97. The van der Waals surface area contributed by atoms with E-state index in [1.807, 2.05) is 42.2 Å². The third-order valence-corrected chi connectivity index (χ3v) is 2.59. The number of ether oxygens (including phenoxy) is 1. The summed E-state index contributed by atoms with van der Waals surface area (Å²) >= 11 is 0. The lowest BCUT2D eigenvalue weighted by Gasteiger charge is -2.09. The minimum absolute atomic E-state index is 0.683. The van der Waals surface area contributed by atoms with Crippen LogP contribution in [0.15, 0.2) is 36.9 Å². The highest BCUT2D eigenvalue weighted by atomic mass is 16.5. The molecule has 1 aromatic carbocycles. The first-order chi connectivity index (χ1) is 8.25. The molecule has 0 saturated heterocycles. The maximum absolute atomic E-state index is 5.72. The highest BCUT2D eigenvalue weighted by Crippen LogP contribution is 2.20. The SMILES string of the molecule is Cc1ccc(N)cc1OCCCn1ccnc1. The zero-order valence-electron chi connectivity index (χ0n) is 9.97. The Morgan fingerprint density at radius 2 is 2.29 bits per heavy atom. The van der Waals surface area contributed by atoms with E-state index in [1.54, 1.807) is 6.20 Å². The van der Waals surface area contributed by atoms with Gasteiger partial charge in [-0.15, -0.1) is 0 Å². The summed E-state index contributed by atoms with van der Waals surface area (Å²) in [7, 11) is 0. The van der Waals surface area contributed by atoms with Crippen molar-refractivity contribution in [3.05, 3.63) is 42.5 Å². The van der Waals surface area contributed by atoms with Gasteiger partial charge in [0, 0.05) is 30.7 Å². The zero-order valence-corrected chi connectivity index (χ0v) is 9.97. The van der Waals surface area contributed by atoms with Crippen LogP contribution in [0.4, 0.5) is 5.69 Å². The Balaban J connectivity index is 1.80. The van der Waals surface area contributed by atoms with Gasteiger partial charge in [0.15, 0.2) is 0 Å². The molecule has 2 aromatic rings. The Morgan fingerprint density at radius 3 is 3.06 bits per heavy atom. The standard InChI is InChI=1S/C13H17N3O/c1-11-3-4-12(14)9-13(11)17-8-2-6-16-7-5-15-10-16/h3-5,7,9-10H,2,6,8,14H2,1H3. The van der Waals surface area contributed by atoms with Crippen molar-refractivity contribution in [2.75, 3.05) is 12.3 Å². The van der Waals surface area contributed by atoms with Gasteiger partial charge in [-0.05, 0) is 25.0 Å². The van der Waals surface area contributed by atoms with Crippen molar-refractivity contribution >= 4 is 5.69 Å². The van der Waals surface area contributed by atoms with Crippen LogP contribution < -0.4 is 10.5 Å². The third kappa shape index (κ3) is 3.24. The minimum atomic E-state index is 0.683. The molecule has 0 amide bonds. The van der Waals surface area contributed by atoms with Crippen LogP contribution in [0.5, 0.6) is 5.75 Å². The van der Waals surface area contributed by atoms with E-state index in [9.17, 15) is 0 Å². The number of nitrogens with two attached hydrogens (primary N) is 1. The van der Waals surface area contributed by atoms with E-state index in [1.165, 1.54) is 0 Å². The highest BCUT2D eigenvalue weighted by Gasteiger charge is 1.99. The molecule has 0 aliphatic carbocycles. The van der Waals surface area contributed by atoms with Gasteiger partial charge < -0.3 is 15.0 Å². The number of anilines is 1. The van der Waals surface area contributed by atoms with Gasteiger partial charge >= 0.3 is 0 Å². The van der Waals surface area contributed by atoms with Gasteiger partial charge in [0.05, 0.1) is 12.9 Å². The molecule has 2 N–H and O–H groups in total. The van der Waals surface area contributed by atoms with Gasteiger partial charge in [-0.1, -0.05) is 6.07 Å². The Kier molecular flexibility index (Phi) is 3.65. The molecule has 1 heterocycles. The minimum Gasteiger partial charge on any atom is -0.493 e. The number of benzene rings is 1. The predicted molar refractivity (Wildman–Crippen MR) is 67.9 cm³/mol. The molecular weight excluding hydrogens is 214 g/mol. The van der Waals surface area contributed by atoms with E-state index in [4.69, 9.17) is 10.5 Å². The molecule has 0 fully saturated rings. The molecule has 0 spiro atoms. The first kappa shape index (κ1) is 11.5. The fourth-order valence-corrected chi connectivity index (χ4v) is 1.62. The summed E-state index contributed by atoms with van der Waals surface area (Å²) in [6.07, 6.45) is 6.49. The summed E-state index contributed by atoms with van der Waals surface area (Å²) in [5.41, 5.74) is 7.57. The number of nitrogens with zero attached hydrogens (tertiary/aromatic N) is 2. The second kappa shape index (κ2) is 5.39. The molecular formula is C13H17N3O. The maximum atomic E-state index is 5.72. The molecule has 0 bridgehead atoms. The number of imidazole rings is 1. The van der Waals surface area contributed by atoms with Crippen molar-refractivity contribution in [1.29, 1.82) is 0 Å². The van der Waals surface area contributed by atoms with E-state index in [0.717, 1.165) is 30.0 Å². The van der Waals surface area contributed by atoms with Crippen molar-refractivity contribution in [1.82, 2.24) is 9.55 Å². The lowest BCUT2D eigenvalue weighted by atomic mass is 10.2. The van der Waals surface area contributed by atoms with Gasteiger partial charge in [0.25, 0.3) is 0 Å². The molecule has 4 heteroatoms. The van der Waals surface area contributed by atoms with Crippen LogP contribution in [0, 0.1) is 6.92 Å². The van der Waals surface area contributed by atoms with Gasteiger partial charge in [0.1, 0.15) is 5.75 Å². The molecule has 0 radical (unpaired) electrons. The van der Waals surface area contributed by atoms with E-state index >= 15 is 0 Å². The van der Waals surface area contributed by atoms with Crippen LogP contribution in [-0.2, 0) is 6.54 Å². The summed E-state index contributed by atoms with van der Waals surface area (Å²) in [5.74, 6) is 0.871. The first-order valence-corrected chi connectivity index (χ1v) is 5.70. The molecule has 1 aromatic heterocycles. The highest BCUT2D eigenvalue weighted by molar-refractivity contribution is 5.47. The molecule has 17 heavy (non-hydrogen) atoms. The molecule has 0 aliphatic rings. The average Bonchev–Trinajstić information content (AvgIpc) is 2.82. The van der Waals surface area contributed by atoms with Gasteiger partial charge in [-0.3, -0.25) is 0 Å². The van der Waals surface area contributed by atoms with Crippen molar-refractivity contribution < 1.29 is 4.74 Å². The largest absolute Gasteiger partial charge is 0.493 e. The number of aromatic nitrogens is 2. The Morgan fingerprint density at radius 1 is 1.41 bits per heavy atom. The van der Waals surface area contributed by atoms with Crippen LogP contribution in [0.2, 0.25) is 0 Å². The van der Waals surface area contributed by atoms with Gasteiger partial charge in [-0.25, -0.2) is 4.98 Å². The quantitative estimate of drug-likeness (QED) is 0.634. The fourth-order valence-electron chi connectivity index (χ4n) is 1.62. The lowest BCUT2D eigenvalue weighted by molar-refractivity contribution is 0.300. The predicted octanol–water partition coefficient (Wildman–Crippen LogP) is 2.24. The summed E-state index contributed by atoms with van der Waals surface area (Å²) in [4.78, 5) is 3.99. The van der Waals surface area contributed by atoms with Gasteiger partial charge in [0.2, 0.25) is 0 Å². The molecule has 0 saturated carbocycles. The summed E-state index contributed by atoms with van der Waals surface area (Å²) in [6.45, 7) is 3.62. The molecule has 0 atom stereocenters. The van der Waals surface area contributed by atoms with Crippen LogP contribution in [0.25, 0.3) is 0 Å². The molecule has 0 aliphatic heterocycles. The molecule has 0 unspecified atom stereocenters. The monoisotopic (exact) mass is 231 g/mol. The lowest BCUT2D eigenvalue weighted by Crippen LogP contribution is -2.04. The molecule has 2 rings (SSSR count). The maximum Gasteiger partial charge on any atom is 0.124 e. The second-order valence-electron chi connectivity index (χ2n) is 4.03. The van der Waals surface area contributed by atoms with Gasteiger partial charge in [-0.2, -0.15) is 0 Å². The van der Waals surface area contributed by atoms with E-state index in [-0.39, 0.29) is 0 Å². The number of nitrogen functional groups attached to an aromatic ring is 1. The zero-order chi connectivity index (χ0) is 12.1. The first-order valence-electron chi connectivity index (χ1n) is 5.70. The number of hydrogen-bond donors (Lipinski definition) is 1. The topological polar surface area (TPSA) is 53.1 Å². The van der Waals surface area contributed by atoms with Crippen LogP contribution >= 0.6 is 0 Å². The Bertz CT molecular complexity index is 466. The van der Waals surface area contributed by atoms with Crippen LogP contribution in [0.1, 0.15) is 12.0 Å². The molecule has 90 valence electrons. The van der Waals surface area contributed by atoms with Crippen molar-refractivity contribution in [3.8, 4) is 5.75 Å². The van der Waals surface area contributed by atoms with E-state index in [0.29, 0.717) is 6.61 Å². The normalized spacial score (nSPS) is 10.4. The number of aryl methyl sites for hydroxylation is 2. The number of hydrogen-bond acceptors (Lipinski definition) is 3. The number of rotatable bonds is 5. The second-order valence-corrected chi connectivity index (χ2v) is 4.03. The molecule has 4 nitrogen and oxygen atoms in total. The smallest absolute Gasteiger partial charge is 0.124 e. The van der Waals surface area contributed by atoms with Crippen molar-refractivity contribution in [2.24, 2.45) is 0 Å². The van der Waals surface area contributed by atoms with Crippen LogP contribution in [0.3, 0.4) is 0 Å². The fraction of sp³-hybridized carbons (Fsp3) is 0.308. The average molecular weight is 231 g/mol. The summed E-state index contributed by atoms with van der Waals surface area (Å²) in [5, 5.41) is 0. The summed E-state index contributed by atoms with van der Waals surface area (Å²) < 4.78 is 7.74. The van der Waals surface area contributed by atoms with Crippen molar-refractivity contribution in [2.45, 2.75) is 19.9 Å². The van der Waals surface area contributed by atoms with Crippen molar-refractivity contribution in [3.63, 3.8) is 0 Å². The summed E-state index contributed by atoms with van der Waals surface area (Å²) in [6, 6.07) is 5.72. The third-order valence-electron chi connectivity index (χ3n) is 2.59. The van der Waals surface area contributed by atoms with E-state index in [2.05, 4.69) is 4.98 Å².